The van der Waals surface area contributed by atoms with Gasteiger partial charge in [0.2, 0.25) is 0 Å². The van der Waals surface area contributed by atoms with Crippen molar-refractivity contribution in [2.45, 2.75) is 13.3 Å². The van der Waals surface area contributed by atoms with Crippen molar-refractivity contribution in [3.05, 3.63) is 59.9 Å². The van der Waals surface area contributed by atoms with Gasteiger partial charge in [0.15, 0.2) is 0 Å². The second-order valence-corrected chi connectivity index (χ2v) is 5.75. The van der Waals surface area contributed by atoms with Crippen LogP contribution < -0.4 is 10.6 Å². The standard InChI is InChI=1S/C19H22N4O.2ClH/c1-14-22-17-13-15(19(24)21-12-6-11-20-2)9-10-18(17)23(14)16-7-4-3-5-8-16;;/h3-5,7-10,13,20H,6,11-12H2,1-2H3,(H,21,24);2*1H. The number of aromatic nitrogens is 2. The second kappa shape index (κ2) is 10.2. The normalized spacial score (nSPS) is 10.1. The van der Waals surface area contributed by atoms with E-state index in [0.717, 1.165) is 35.5 Å². The molecule has 5 nitrogen and oxygen atoms in total. The number of carbonyl (C=O) groups is 1. The minimum Gasteiger partial charge on any atom is -0.352 e. The topological polar surface area (TPSA) is 58.9 Å². The third-order valence-corrected chi connectivity index (χ3v) is 3.99. The molecule has 3 aromatic rings. The Labute approximate surface area is 166 Å². The molecule has 2 aromatic carbocycles. The van der Waals surface area contributed by atoms with Crippen LogP contribution in [0.5, 0.6) is 0 Å². The van der Waals surface area contributed by atoms with Crippen molar-refractivity contribution in [3.63, 3.8) is 0 Å². The molecule has 0 bridgehead atoms. The Hall–Kier alpha value is -2.08. The molecule has 2 N–H and O–H groups in total. The quantitative estimate of drug-likeness (QED) is 0.628. The summed E-state index contributed by atoms with van der Waals surface area (Å²) in [6.07, 6.45) is 0.909. The molecule has 140 valence electrons. The van der Waals surface area contributed by atoms with E-state index in [2.05, 4.69) is 32.3 Å². The summed E-state index contributed by atoms with van der Waals surface area (Å²) in [7, 11) is 1.90. The van der Waals surface area contributed by atoms with Crippen molar-refractivity contribution in [1.29, 1.82) is 0 Å². The molecule has 0 aliphatic rings. The summed E-state index contributed by atoms with van der Waals surface area (Å²) >= 11 is 0. The fourth-order valence-electron chi connectivity index (χ4n) is 2.81. The maximum Gasteiger partial charge on any atom is 0.251 e. The number of rotatable bonds is 6. The van der Waals surface area contributed by atoms with E-state index < -0.39 is 0 Å². The van der Waals surface area contributed by atoms with Crippen LogP contribution in [0.15, 0.2) is 48.5 Å². The zero-order valence-corrected chi connectivity index (χ0v) is 16.5. The van der Waals surface area contributed by atoms with Gasteiger partial charge in [0, 0.05) is 17.8 Å². The molecule has 0 saturated heterocycles. The molecule has 1 heterocycles. The van der Waals surface area contributed by atoms with E-state index in [0.29, 0.717) is 12.1 Å². The molecule has 1 aromatic heterocycles. The number of hydrogen-bond acceptors (Lipinski definition) is 3. The van der Waals surface area contributed by atoms with Gasteiger partial charge >= 0.3 is 0 Å². The number of benzene rings is 2. The number of aryl methyl sites for hydroxylation is 1. The van der Waals surface area contributed by atoms with Crippen molar-refractivity contribution in [1.82, 2.24) is 20.2 Å². The number of carbonyl (C=O) groups excluding carboxylic acids is 1. The summed E-state index contributed by atoms with van der Waals surface area (Å²) in [5.41, 5.74) is 3.55. The van der Waals surface area contributed by atoms with Gasteiger partial charge in [-0.05, 0) is 57.3 Å². The average molecular weight is 395 g/mol. The highest BCUT2D eigenvalue weighted by Crippen LogP contribution is 2.22. The van der Waals surface area contributed by atoms with Crippen LogP contribution in [0.25, 0.3) is 16.7 Å². The van der Waals surface area contributed by atoms with E-state index in [-0.39, 0.29) is 30.7 Å². The fraction of sp³-hybridized carbons (Fsp3) is 0.263. The molecule has 3 rings (SSSR count). The highest BCUT2D eigenvalue weighted by atomic mass is 35.5. The lowest BCUT2D eigenvalue weighted by molar-refractivity contribution is 0.0953. The van der Waals surface area contributed by atoms with Crippen LogP contribution >= 0.6 is 24.8 Å². The Bertz CT molecular complexity index is 849. The SMILES string of the molecule is CNCCCNC(=O)c1ccc2c(c1)nc(C)n2-c1ccccc1.Cl.Cl. The highest BCUT2D eigenvalue weighted by Gasteiger charge is 2.12. The monoisotopic (exact) mass is 394 g/mol. The number of halogens is 2. The zero-order valence-electron chi connectivity index (χ0n) is 14.9. The number of imidazole rings is 1. The van der Waals surface area contributed by atoms with E-state index in [1.165, 1.54) is 0 Å². The molecule has 0 aliphatic heterocycles. The van der Waals surface area contributed by atoms with Crippen molar-refractivity contribution < 1.29 is 4.79 Å². The average Bonchev–Trinajstić information content (AvgIpc) is 2.94. The molecule has 0 radical (unpaired) electrons. The van der Waals surface area contributed by atoms with E-state index >= 15 is 0 Å². The molecular formula is C19H24Cl2N4O. The summed E-state index contributed by atoms with van der Waals surface area (Å²) in [6, 6.07) is 15.8. The van der Waals surface area contributed by atoms with Crippen LogP contribution in [0.3, 0.4) is 0 Å². The van der Waals surface area contributed by atoms with Gasteiger partial charge in [-0.1, -0.05) is 18.2 Å². The number of hydrogen-bond donors (Lipinski definition) is 2. The van der Waals surface area contributed by atoms with Gasteiger partial charge in [-0.25, -0.2) is 4.98 Å². The molecule has 26 heavy (non-hydrogen) atoms. The number of nitrogens with zero attached hydrogens (tertiary/aromatic N) is 2. The molecule has 0 aliphatic carbocycles. The maximum absolute atomic E-state index is 12.2. The first kappa shape index (κ1) is 22.0. The Morgan fingerprint density at radius 2 is 1.81 bits per heavy atom. The van der Waals surface area contributed by atoms with Crippen LogP contribution in [0.1, 0.15) is 22.6 Å². The van der Waals surface area contributed by atoms with Gasteiger partial charge in [0.25, 0.3) is 5.91 Å². The minimum absolute atomic E-state index is 0. The van der Waals surface area contributed by atoms with Crippen LogP contribution in [0.2, 0.25) is 0 Å². The summed E-state index contributed by atoms with van der Waals surface area (Å²) in [6.45, 7) is 3.53. The van der Waals surface area contributed by atoms with Crippen LogP contribution in [-0.2, 0) is 0 Å². The van der Waals surface area contributed by atoms with Crippen molar-refractivity contribution >= 4 is 41.8 Å². The number of nitrogens with one attached hydrogen (secondary N) is 2. The van der Waals surface area contributed by atoms with E-state index in [4.69, 9.17) is 0 Å². The lowest BCUT2D eigenvalue weighted by atomic mass is 10.2. The Kier molecular flexibility index (Phi) is 8.58. The predicted octanol–water partition coefficient (Wildman–Crippen LogP) is 3.52. The third kappa shape index (κ3) is 4.75. The molecule has 0 saturated carbocycles. The Morgan fingerprint density at radius 3 is 2.50 bits per heavy atom. The first-order valence-electron chi connectivity index (χ1n) is 8.18. The number of fused-ring (bicyclic) bond motifs is 1. The molecular weight excluding hydrogens is 371 g/mol. The largest absolute Gasteiger partial charge is 0.352 e. The summed E-state index contributed by atoms with van der Waals surface area (Å²) < 4.78 is 2.10. The first-order chi connectivity index (χ1) is 11.7. The molecule has 0 fully saturated rings. The molecule has 7 heteroatoms. The van der Waals surface area contributed by atoms with Gasteiger partial charge in [0.1, 0.15) is 5.82 Å². The second-order valence-electron chi connectivity index (χ2n) is 5.75. The Balaban J connectivity index is 0.00000169. The van der Waals surface area contributed by atoms with Gasteiger partial charge in [0.05, 0.1) is 11.0 Å². The van der Waals surface area contributed by atoms with E-state index in [1.807, 2.05) is 50.4 Å². The molecule has 0 spiro atoms. The summed E-state index contributed by atoms with van der Waals surface area (Å²) in [5.74, 6) is 0.850. The van der Waals surface area contributed by atoms with Crippen LogP contribution in [-0.4, -0.2) is 35.6 Å². The van der Waals surface area contributed by atoms with E-state index in [1.54, 1.807) is 0 Å². The number of para-hydroxylation sites is 1. The highest BCUT2D eigenvalue weighted by molar-refractivity contribution is 5.97. The summed E-state index contributed by atoms with van der Waals surface area (Å²) in [4.78, 5) is 16.9. The van der Waals surface area contributed by atoms with Gasteiger partial charge in [-0.15, -0.1) is 24.8 Å². The predicted molar refractivity (Wildman–Crippen MR) is 111 cm³/mol. The molecule has 0 atom stereocenters. The lowest BCUT2D eigenvalue weighted by Gasteiger charge is -2.07. The van der Waals surface area contributed by atoms with E-state index in [9.17, 15) is 4.79 Å². The molecule has 1 amide bonds. The van der Waals surface area contributed by atoms with Gasteiger partial charge < -0.3 is 10.6 Å². The fourth-order valence-corrected chi connectivity index (χ4v) is 2.81. The molecule has 0 unspecified atom stereocenters. The first-order valence-corrected chi connectivity index (χ1v) is 8.18. The third-order valence-electron chi connectivity index (χ3n) is 3.99. The van der Waals surface area contributed by atoms with Crippen molar-refractivity contribution in [2.75, 3.05) is 20.1 Å². The lowest BCUT2D eigenvalue weighted by Crippen LogP contribution is -2.26. The van der Waals surface area contributed by atoms with Crippen molar-refractivity contribution in [2.24, 2.45) is 0 Å². The summed E-state index contributed by atoms with van der Waals surface area (Å²) in [5, 5.41) is 6.00. The maximum atomic E-state index is 12.2. The zero-order chi connectivity index (χ0) is 16.9. The van der Waals surface area contributed by atoms with Gasteiger partial charge in [-0.3, -0.25) is 9.36 Å². The smallest absolute Gasteiger partial charge is 0.251 e. The Morgan fingerprint density at radius 1 is 1.08 bits per heavy atom. The van der Waals surface area contributed by atoms with Crippen LogP contribution in [0.4, 0.5) is 0 Å². The minimum atomic E-state index is -0.0556. The van der Waals surface area contributed by atoms with Crippen LogP contribution in [0, 0.1) is 6.92 Å². The van der Waals surface area contributed by atoms with Crippen molar-refractivity contribution in [3.8, 4) is 5.69 Å². The van der Waals surface area contributed by atoms with Gasteiger partial charge in [-0.2, -0.15) is 0 Å². The number of amides is 1.